The number of nitrogens with zero attached hydrogens (tertiary/aromatic N) is 1. The minimum Gasteiger partial charge on any atom is -0.387 e. The van der Waals surface area contributed by atoms with Gasteiger partial charge in [0.2, 0.25) is 0 Å². The van der Waals surface area contributed by atoms with Crippen molar-refractivity contribution in [3.63, 3.8) is 0 Å². The molecule has 0 unspecified atom stereocenters. The van der Waals surface area contributed by atoms with E-state index in [1.807, 2.05) is 0 Å². The summed E-state index contributed by atoms with van der Waals surface area (Å²) in [6.07, 6.45) is -7.23. The van der Waals surface area contributed by atoms with Crippen molar-refractivity contribution in [3.8, 4) is 0 Å². The van der Waals surface area contributed by atoms with E-state index in [0.717, 1.165) is 6.07 Å². The number of halogens is 15. The zero-order chi connectivity index (χ0) is 27.2. The van der Waals surface area contributed by atoms with Crippen LogP contribution in [0.25, 0.3) is 0 Å². The van der Waals surface area contributed by atoms with Gasteiger partial charge in [0, 0.05) is 24.5 Å². The standard InChI is InChI=1S/C17H13F15N2/c1-8-4-3-5-9(10(8)33-2)6-34-7-11(18,19)12(20,21)13(22,23)14(24,25)15(26,27)16(28,29)17(30,31)32/h3-6,33H,7H2,1-2H3. The van der Waals surface area contributed by atoms with Crippen LogP contribution < -0.4 is 5.32 Å². The van der Waals surface area contributed by atoms with E-state index < -0.39 is 48.3 Å². The number of benzene rings is 1. The number of anilines is 1. The zero-order valence-electron chi connectivity index (χ0n) is 16.6. The summed E-state index contributed by atoms with van der Waals surface area (Å²) in [5, 5.41) is 2.54. The molecule has 1 aromatic rings. The number of hydrogen-bond acceptors (Lipinski definition) is 2. The van der Waals surface area contributed by atoms with E-state index in [1.165, 1.54) is 26.1 Å². The van der Waals surface area contributed by atoms with Crippen LogP contribution in [0.5, 0.6) is 0 Å². The van der Waals surface area contributed by atoms with Crippen molar-refractivity contribution < 1.29 is 65.9 Å². The maximum absolute atomic E-state index is 13.8. The molecule has 0 aromatic heterocycles. The summed E-state index contributed by atoms with van der Waals surface area (Å²) >= 11 is 0. The van der Waals surface area contributed by atoms with Gasteiger partial charge in [-0.3, -0.25) is 4.99 Å². The van der Waals surface area contributed by atoms with Crippen molar-refractivity contribution in [2.45, 2.75) is 48.6 Å². The van der Waals surface area contributed by atoms with Gasteiger partial charge in [0.15, 0.2) is 0 Å². The van der Waals surface area contributed by atoms with Crippen LogP contribution in [-0.4, -0.2) is 61.5 Å². The lowest BCUT2D eigenvalue weighted by atomic mass is 9.91. The molecule has 0 fully saturated rings. The highest BCUT2D eigenvalue weighted by Gasteiger charge is 2.93. The van der Waals surface area contributed by atoms with E-state index in [9.17, 15) is 65.9 Å². The van der Waals surface area contributed by atoms with Crippen molar-refractivity contribution in [1.29, 1.82) is 0 Å². The molecule has 17 heteroatoms. The third kappa shape index (κ3) is 4.36. The minimum atomic E-state index is -8.30. The summed E-state index contributed by atoms with van der Waals surface area (Å²) in [4.78, 5) is 2.69. The van der Waals surface area contributed by atoms with Gasteiger partial charge in [-0.25, -0.2) is 0 Å². The van der Waals surface area contributed by atoms with Crippen LogP contribution in [0.4, 0.5) is 71.5 Å². The van der Waals surface area contributed by atoms with Gasteiger partial charge in [0.1, 0.15) is 6.54 Å². The molecule has 0 saturated carbocycles. The summed E-state index contributed by atoms with van der Waals surface area (Å²) in [7, 11) is 1.32. The lowest BCUT2D eigenvalue weighted by Crippen LogP contribution is -2.72. The van der Waals surface area contributed by atoms with Gasteiger partial charge in [-0.15, -0.1) is 0 Å². The third-order valence-electron chi connectivity index (χ3n) is 4.47. The third-order valence-corrected chi connectivity index (χ3v) is 4.47. The molecule has 0 saturated heterocycles. The average Bonchev–Trinajstić information content (AvgIpc) is 2.66. The quantitative estimate of drug-likeness (QED) is 0.275. The SMILES string of the molecule is CNc1c(C)cccc1C=NCC(F)(F)C(F)(F)C(F)(F)C(F)(F)C(F)(F)C(F)(F)C(F)(F)F. The summed E-state index contributed by atoms with van der Waals surface area (Å²) in [6, 6.07) is 3.94. The van der Waals surface area contributed by atoms with Gasteiger partial charge in [-0.05, 0) is 12.5 Å². The summed E-state index contributed by atoms with van der Waals surface area (Å²) in [6.45, 7) is -1.28. The molecule has 1 rings (SSSR count). The second-order valence-electron chi connectivity index (χ2n) is 6.83. The highest BCUT2D eigenvalue weighted by molar-refractivity contribution is 5.88. The molecule has 0 radical (unpaired) electrons. The number of para-hydroxylation sites is 1. The minimum absolute atomic E-state index is 0.102. The Morgan fingerprint density at radius 3 is 1.59 bits per heavy atom. The van der Waals surface area contributed by atoms with Crippen LogP contribution in [0.2, 0.25) is 0 Å². The van der Waals surface area contributed by atoms with E-state index in [-0.39, 0.29) is 11.3 Å². The fourth-order valence-corrected chi connectivity index (χ4v) is 2.50. The Kier molecular flexibility index (Phi) is 7.59. The van der Waals surface area contributed by atoms with Gasteiger partial charge in [-0.1, -0.05) is 18.2 Å². The van der Waals surface area contributed by atoms with Gasteiger partial charge in [0.05, 0.1) is 0 Å². The van der Waals surface area contributed by atoms with Crippen molar-refractivity contribution in [2.24, 2.45) is 4.99 Å². The maximum atomic E-state index is 13.8. The average molecular weight is 530 g/mol. The normalized spacial score (nSPS) is 15.2. The second kappa shape index (κ2) is 8.70. The molecule has 1 aromatic carbocycles. The number of alkyl halides is 15. The van der Waals surface area contributed by atoms with Crippen LogP contribution in [0, 0.1) is 6.92 Å². The first-order valence-electron chi connectivity index (χ1n) is 8.55. The Hall–Kier alpha value is -2.36. The van der Waals surface area contributed by atoms with E-state index >= 15 is 0 Å². The predicted octanol–water partition coefficient (Wildman–Crippen LogP) is 6.83. The van der Waals surface area contributed by atoms with E-state index in [0.29, 0.717) is 11.8 Å². The molecule has 0 bridgehead atoms. The second-order valence-corrected chi connectivity index (χ2v) is 6.83. The molecule has 0 amide bonds. The largest absolute Gasteiger partial charge is 0.460 e. The molecule has 0 spiro atoms. The first-order valence-corrected chi connectivity index (χ1v) is 8.55. The molecule has 2 nitrogen and oxygen atoms in total. The lowest BCUT2D eigenvalue weighted by molar-refractivity contribution is -0.451. The van der Waals surface area contributed by atoms with Crippen LogP contribution in [0.1, 0.15) is 11.1 Å². The fourth-order valence-electron chi connectivity index (χ4n) is 2.50. The Morgan fingerprint density at radius 1 is 0.706 bits per heavy atom. The molecule has 0 heterocycles. The van der Waals surface area contributed by atoms with Crippen molar-refractivity contribution in [2.75, 3.05) is 18.9 Å². The Balaban J connectivity index is 3.40. The molecule has 0 aliphatic rings. The number of hydrogen-bond donors (Lipinski definition) is 1. The Morgan fingerprint density at radius 2 is 1.15 bits per heavy atom. The van der Waals surface area contributed by atoms with Gasteiger partial charge >= 0.3 is 41.7 Å². The number of aryl methyl sites for hydroxylation is 1. The fraction of sp³-hybridized carbons (Fsp3) is 0.588. The number of nitrogens with one attached hydrogen (secondary N) is 1. The van der Waals surface area contributed by atoms with E-state index in [2.05, 4.69) is 10.3 Å². The highest BCUT2D eigenvalue weighted by atomic mass is 19.4. The van der Waals surface area contributed by atoms with Crippen LogP contribution in [-0.2, 0) is 0 Å². The van der Waals surface area contributed by atoms with Gasteiger partial charge in [0.25, 0.3) is 0 Å². The summed E-state index contributed by atoms with van der Waals surface area (Å²) in [5.41, 5.74) is 0.518. The van der Waals surface area contributed by atoms with Crippen LogP contribution >= 0.6 is 0 Å². The van der Waals surface area contributed by atoms with Gasteiger partial charge < -0.3 is 5.32 Å². The molecular formula is C17H13F15N2. The molecule has 1 N–H and O–H groups in total. The van der Waals surface area contributed by atoms with Crippen molar-refractivity contribution in [1.82, 2.24) is 0 Å². The molecule has 34 heavy (non-hydrogen) atoms. The number of aliphatic imine (C=N–C) groups is 1. The molecular weight excluding hydrogens is 517 g/mol. The van der Waals surface area contributed by atoms with Gasteiger partial charge in [-0.2, -0.15) is 65.9 Å². The van der Waals surface area contributed by atoms with Crippen molar-refractivity contribution in [3.05, 3.63) is 29.3 Å². The van der Waals surface area contributed by atoms with E-state index in [1.54, 1.807) is 0 Å². The first-order chi connectivity index (χ1) is 14.9. The predicted molar refractivity (Wildman–Crippen MR) is 88.9 cm³/mol. The zero-order valence-corrected chi connectivity index (χ0v) is 16.6. The number of rotatable bonds is 9. The summed E-state index contributed by atoms with van der Waals surface area (Å²) in [5.74, 6) is -46.6. The van der Waals surface area contributed by atoms with E-state index in [4.69, 9.17) is 0 Å². The Bertz CT molecular complexity index is 903. The lowest BCUT2D eigenvalue weighted by Gasteiger charge is -2.41. The molecule has 196 valence electrons. The maximum Gasteiger partial charge on any atom is 0.460 e. The Labute approximate surface area is 180 Å². The topological polar surface area (TPSA) is 24.4 Å². The highest BCUT2D eigenvalue weighted by Crippen LogP contribution is 2.62. The van der Waals surface area contributed by atoms with Crippen LogP contribution in [0.3, 0.4) is 0 Å². The monoisotopic (exact) mass is 530 g/mol. The molecule has 0 aliphatic heterocycles. The van der Waals surface area contributed by atoms with Crippen molar-refractivity contribution >= 4 is 11.9 Å². The summed E-state index contributed by atoms with van der Waals surface area (Å²) < 4.78 is 197. The smallest absolute Gasteiger partial charge is 0.387 e. The first kappa shape index (κ1) is 29.7. The molecule has 0 aliphatic carbocycles. The molecule has 0 atom stereocenters. The van der Waals surface area contributed by atoms with Crippen LogP contribution in [0.15, 0.2) is 23.2 Å².